The van der Waals surface area contributed by atoms with Crippen LogP contribution in [0.25, 0.3) is 0 Å². The van der Waals surface area contributed by atoms with Crippen molar-refractivity contribution in [1.29, 1.82) is 0 Å². The van der Waals surface area contributed by atoms with Crippen LogP contribution < -0.4 is 16.0 Å². The molecule has 0 bridgehead atoms. The maximum Gasteiger partial charge on any atom is 0.160 e. The van der Waals surface area contributed by atoms with E-state index in [9.17, 15) is 5.11 Å². The average Bonchev–Trinajstić information content (AvgIpc) is 3.02. The second-order valence-corrected chi connectivity index (χ2v) is 4.41. The minimum Gasteiger partial charge on any atom is -0.390 e. The van der Waals surface area contributed by atoms with Gasteiger partial charge in [-0.3, -0.25) is 4.99 Å². The van der Waals surface area contributed by atoms with Crippen LogP contribution in [0.5, 0.6) is 0 Å². The fourth-order valence-corrected chi connectivity index (χ4v) is 2.36. The molecule has 0 saturated heterocycles. The van der Waals surface area contributed by atoms with E-state index in [1.165, 1.54) is 0 Å². The zero-order valence-electron chi connectivity index (χ0n) is 9.43. The predicted molar refractivity (Wildman–Crippen MR) is 65.9 cm³/mol. The molecule has 0 radical (unpaired) electrons. The maximum absolute atomic E-state index is 9.63. The Kier molecular flexibility index (Phi) is 2.60. The van der Waals surface area contributed by atoms with E-state index < -0.39 is 6.23 Å². The number of aliphatic hydroxyl groups excluding tert-OH is 1. The molecule has 4 N–H and O–H groups in total. The molecule has 0 aromatic heterocycles. The zero-order valence-corrected chi connectivity index (χ0v) is 9.43. The first-order chi connectivity index (χ1) is 8.34. The van der Waals surface area contributed by atoms with Crippen LogP contribution in [0.1, 0.15) is 0 Å². The maximum atomic E-state index is 9.63. The van der Waals surface area contributed by atoms with Gasteiger partial charge in [0.25, 0.3) is 0 Å². The summed E-state index contributed by atoms with van der Waals surface area (Å²) in [5.74, 6) is 0.557. The first-order valence-corrected chi connectivity index (χ1v) is 5.87. The van der Waals surface area contributed by atoms with E-state index in [0.717, 1.165) is 24.5 Å². The first-order valence-electron chi connectivity index (χ1n) is 5.87. The highest BCUT2D eigenvalue weighted by molar-refractivity contribution is 5.66. The molecule has 0 saturated carbocycles. The van der Waals surface area contributed by atoms with Gasteiger partial charge < -0.3 is 21.1 Å². The van der Waals surface area contributed by atoms with Crippen molar-refractivity contribution in [2.75, 3.05) is 13.1 Å². The van der Waals surface area contributed by atoms with E-state index in [-0.39, 0.29) is 11.8 Å². The Balaban J connectivity index is 1.92. The summed E-state index contributed by atoms with van der Waals surface area (Å²) in [5.41, 5.74) is 2.05. The summed E-state index contributed by atoms with van der Waals surface area (Å²) in [6.07, 6.45) is 8.99. The lowest BCUT2D eigenvalue weighted by Gasteiger charge is -2.26. The molecule has 3 unspecified atom stereocenters. The van der Waals surface area contributed by atoms with Gasteiger partial charge in [-0.25, -0.2) is 0 Å². The van der Waals surface area contributed by atoms with Gasteiger partial charge in [0, 0.05) is 30.6 Å². The third-order valence-electron chi connectivity index (χ3n) is 3.22. The third-order valence-corrected chi connectivity index (χ3v) is 3.22. The van der Waals surface area contributed by atoms with Crippen LogP contribution in [0.3, 0.4) is 0 Å². The van der Waals surface area contributed by atoms with E-state index in [2.05, 4.69) is 33.1 Å². The summed E-state index contributed by atoms with van der Waals surface area (Å²) in [5, 5.41) is 19.1. The van der Waals surface area contributed by atoms with Crippen LogP contribution in [0.15, 0.2) is 40.9 Å². The molecule has 0 amide bonds. The number of hydrogen-bond acceptors (Lipinski definition) is 5. The molecule has 3 aliphatic rings. The van der Waals surface area contributed by atoms with Crippen molar-refractivity contribution < 1.29 is 5.11 Å². The molecule has 3 aliphatic heterocycles. The van der Waals surface area contributed by atoms with Crippen molar-refractivity contribution in [3.63, 3.8) is 0 Å². The summed E-state index contributed by atoms with van der Waals surface area (Å²) >= 11 is 0. The SMILES string of the molecule is OC1C=NC(C2C=CNC2)=C(C2C=CNC2)N1. The molecule has 0 aromatic rings. The fraction of sp³-hybridized carbons (Fsp3) is 0.417. The monoisotopic (exact) mass is 232 g/mol. The van der Waals surface area contributed by atoms with Gasteiger partial charge in [0.05, 0.1) is 11.9 Å². The molecule has 3 rings (SSSR count). The van der Waals surface area contributed by atoms with Crippen molar-refractivity contribution in [1.82, 2.24) is 16.0 Å². The Morgan fingerprint density at radius 3 is 2.47 bits per heavy atom. The molecule has 3 atom stereocenters. The van der Waals surface area contributed by atoms with Crippen molar-refractivity contribution in [3.05, 3.63) is 35.9 Å². The Bertz CT molecular complexity index is 424. The van der Waals surface area contributed by atoms with Gasteiger partial charge >= 0.3 is 0 Å². The van der Waals surface area contributed by atoms with Gasteiger partial charge in [-0.1, -0.05) is 12.2 Å². The van der Waals surface area contributed by atoms with Gasteiger partial charge in [0.1, 0.15) is 0 Å². The summed E-state index contributed by atoms with van der Waals surface area (Å²) < 4.78 is 0. The van der Waals surface area contributed by atoms with Crippen LogP contribution in [0.4, 0.5) is 0 Å². The summed E-state index contributed by atoms with van der Waals surface area (Å²) in [7, 11) is 0. The van der Waals surface area contributed by atoms with Gasteiger partial charge in [-0.05, 0) is 12.4 Å². The minimum atomic E-state index is -0.680. The Labute approximate surface area is 100 Å². The van der Waals surface area contributed by atoms with E-state index in [0.29, 0.717) is 0 Å². The third kappa shape index (κ3) is 1.93. The molecule has 0 aromatic carbocycles. The van der Waals surface area contributed by atoms with Crippen LogP contribution >= 0.6 is 0 Å². The molecular formula is C12H16N4O. The van der Waals surface area contributed by atoms with Crippen LogP contribution in [-0.2, 0) is 0 Å². The molecule has 3 heterocycles. The highest BCUT2D eigenvalue weighted by Gasteiger charge is 2.27. The van der Waals surface area contributed by atoms with Crippen molar-refractivity contribution in [3.8, 4) is 0 Å². The molecule has 0 spiro atoms. The highest BCUT2D eigenvalue weighted by atomic mass is 16.3. The Hall–Kier alpha value is -1.75. The average molecular weight is 232 g/mol. The molecule has 0 fully saturated rings. The normalized spacial score (nSPS) is 34.8. The second-order valence-electron chi connectivity index (χ2n) is 4.41. The number of nitrogens with zero attached hydrogens (tertiary/aromatic N) is 1. The Morgan fingerprint density at radius 2 is 1.82 bits per heavy atom. The second kappa shape index (κ2) is 4.25. The largest absolute Gasteiger partial charge is 0.390 e. The smallest absolute Gasteiger partial charge is 0.160 e. The summed E-state index contributed by atoms with van der Waals surface area (Å²) in [6, 6.07) is 0. The lowest BCUT2D eigenvalue weighted by atomic mass is 9.97. The standard InChI is InChI=1S/C12H16N4O/c17-10-7-15-11(8-1-3-13-5-8)12(16-10)9-2-4-14-6-9/h1-4,7-10,13-14,16-17H,5-6H2. The number of aliphatic imine (C=N–C) groups is 1. The zero-order chi connectivity index (χ0) is 11.7. The van der Waals surface area contributed by atoms with Gasteiger partial charge in [0.2, 0.25) is 0 Å². The van der Waals surface area contributed by atoms with Crippen molar-refractivity contribution in [2.45, 2.75) is 6.23 Å². The number of hydrogen-bond donors (Lipinski definition) is 4. The molecule has 0 aliphatic carbocycles. The molecule has 17 heavy (non-hydrogen) atoms. The summed E-state index contributed by atoms with van der Waals surface area (Å²) in [6.45, 7) is 1.73. The topological polar surface area (TPSA) is 68.7 Å². The van der Waals surface area contributed by atoms with Gasteiger partial charge in [-0.2, -0.15) is 0 Å². The lowest BCUT2D eigenvalue weighted by molar-refractivity contribution is 0.213. The van der Waals surface area contributed by atoms with Gasteiger partial charge in [0.15, 0.2) is 6.23 Å². The van der Waals surface area contributed by atoms with Crippen LogP contribution in [0.2, 0.25) is 0 Å². The Morgan fingerprint density at radius 1 is 1.12 bits per heavy atom. The van der Waals surface area contributed by atoms with Crippen LogP contribution in [-0.4, -0.2) is 30.6 Å². The molecule has 90 valence electrons. The number of aliphatic hydroxyl groups is 1. The first kappa shape index (κ1) is 10.4. The quantitative estimate of drug-likeness (QED) is 0.525. The highest BCUT2D eigenvalue weighted by Crippen LogP contribution is 2.27. The lowest BCUT2D eigenvalue weighted by Crippen LogP contribution is -2.38. The van der Waals surface area contributed by atoms with E-state index in [4.69, 9.17) is 0 Å². The van der Waals surface area contributed by atoms with E-state index in [1.807, 2.05) is 12.4 Å². The predicted octanol–water partition coefficient (Wildman–Crippen LogP) is -0.343. The molecule has 5 heteroatoms. The number of nitrogens with one attached hydrogen (secondary N) is 3. The number of rotatable bonds is 2. The summed E-state index contributed by atoms with van der Waals surface area (Å²) in [4.78, 5) is 4.41. The van der Waals surface area contributed by atoms with E-state index >= 15 is 0 Å². The molecule has 5 nitrogen and oxygen atoms in total. The van der Waals surface area contributed by atoms with Crippen molar-refractivity contribution in [2.24, 2.45) is 16.8 Å². The minimum absolute atomic E-state index is 0.270. The van der Waals surface area contributed by atoms with Gasteiger partial charge in [-0.15, -0.1) is 0 Å². The molecular weight excluding hydrogens is 216 g/mol. The van der Waals surface area contributed by atoms with Crippen LogP contribution in [0, 0.1) is 11.8 Å². The van der Waals surface area contributed by atoms with Crippen molar-refractivity contribution >= 4 is 6.21 Å². The fourth-order valence-electron chi connectivity index (χ4n) is 2.36. The van der Waals surface area contributed by atoms with E-state index in [1.54, 1.807) is 6.21 Å².